The van der Waals surface area contributed by atoms with Crippen LogP contribution >= 0.6 is 23.2 Å². The number of amides is 2. The van der Waals surface area contributed by atoms with E-state index in [1.54, 1.807) is 0 Å². The highest BCUT2D eigenvalue weighted by atomic mass is 35.5. The van der Waals surface area contributed by atoms with Crippen LogP contribution in [0.4, 0.5) is 5.69 Å². The van der Waals surface area contributed by atoms with Crippen LogP contribution in [0.2, 0.25) is 10.0 Å². The first-order valence-electron chi connectivity index (χ1n) is 7.98. The summed E-state index contributed by atoms with van der Waals surface area (Å²) in [7, 11) is 0. The maximum absolute atomic E-state index is 12.4. The van der Waals surface area contributed by atoms with E-state index in [-0.39, 0.29) is 26.7 Å². The Morgan fingerprint density at radius 3 is 2.45 bits per heavy atom. The van der Waals surface area contributed by atoms with E-state index in [0.29, 0.717) is 4.90 Å². The number of ether oxygens (including phenoxy) is 1. The minimum atomic E-state index is -1.03. The molecule has 0 N–H and O–H groups in total. The van der Waals surface area contributed by atoms with Crippen molar-refractivity contribution in [2.45, 2.75) is 0 Å². The van der Waals surface area contributed by atoms with Gasteiger partial charge in [0.05, 0.1) is 20.5 Å². The quantitative estimate of drug-likeness (QED) is 0.224. The van der Waals surface area contributed by atoms with E-state index >= 15 is 0 Å². The molecule has 1 aliphatic heterocycles. The fourth-order valence-corrected chi connectivity index (χ4v) is 2.98. The van der Waals surface area contributed by atoms with Crippen molar-refractivity contribution >= 4 is 52.5 Å². The molecule has 2 aromatic rings. The zero-order valence-electron chi connectivity index (χ0n) is 14.4. The standard InChI is InChI=1S/C18H10Cl2N2O7/c19-11-5-4-9(6-12(11)20)14(23)8-29-15(24)7-21-17(25)10-2-1-3-13(22(27)28)16(10)18(21)26/h1-6H,7-8H2. The summed E-state index contributed by atoms with van der Waals surface area (Å²) in [6.45, 7) is -1.45. The van der Waals surface area contributed by atoms with Crippen molar-refractivity contribution in [3.8, 4) is 0 Å². The summed E-state index contributed by atoms with van der Waals surface area (Å²) >= 11 is 11.6. The van der Waals surface area contributed by atoms with E-state index in [2.05, 4.69) is 0 Å². The number of esters is 1. The van der Waals surface area contributed by atoms with Crippen molar-refractivity contribution in [3.05, 3.63) is 73.2 Å². The second kappa shape index (κ2) is 7.98. The molecular formula is C18H10Cl2N2O7. The fraction of sp³-hybridized carbons (Fsp3) is 0.111. The van der Waals surface area contributed by atoms with Crippen LogP contribution in [-0.4, -0.2) is 46.5 Å². The Morgan fingerprint density at radius 1 is 1.07 bits per heavy atom. The van der Waals surface area contributed by atoms with Gasteiger partial charge in [-0.2, -0.15) is 0 Å². The smallest absolute Gasteiger partial charge is 0.326 e. The topological polar surface area (TPSA) is 124 Å². The highest BCUT2D eigenvalue weighted by molar-refractivity contribution is 6.42. The normalized spacial score (nSPS) is 12.7. The molecular weight excluding hydrogens is 427 g/mol. The molecule has 1 heterocycles. The number of hydrogen-bond acceptors (Lipinski definition) is 7. The van der Waals surface area contributed by atoms with E-state index in [9.17, 15) is 29.3 Å². The van der Waals surface area contributed by atoms with Gasteiger partial charge >= 0.3 is 5.97 Å². The Bertz CT molecular complexity index is 1080. The van der Waals surface area contributed by atoms with Crippen molar-refractivity contribution in [3.63, 3.8) is 0 Å². The van der Waals surface area contributed by atoms with Gasteiger partial charge in [-0.3, -0.25) is 34.2 Å². The number of halogens is 2. The summed E-state index contributed by atoms with van der Waals surface area (Å²) in [5.41, 5.74) is -0.943. The lowest BCUT2D eigenvalue weighted by atomic mass is 10.1. The van der Waals surface area contributed by atoms with Gasteiger partial charge in [0.25, 0.3) is 17.5 Å². The van der Waals surface area contributed by atoms with Gasteiger partial charge in [0, 0.05) is 11.6 Å². The molecule has 2 amide bonds. The van der Waals surface area contributed by atoms with Crippen LogP contribution in [0.25, 0.3) is 0 Å². The van der Waals surface area contributed by atoms with Crippen LogP contribution < -0.4 is 0 Å². The molecule has 0 bridgehead atoms. The summed E-state index contributed by atoms with van der Waals surface area (Å²) in [5.74, 6) is -3.45. The second-order valence-electron chi connectivity index (χ2n) is 5.87. The molecule has 0 saturated heterocycles. The van der Waals surface area contributed by atoms with Crippen molar-refractivity contribution < 1.29 is 28.8 Å². The van der Waals surface area contributed by atoms with Crippen LogP contribution in [-0.2, 0) is 9.53 Å². The third kappa shape index (κ3) is 3.96. The Hall–Kier alpha value is -3.30. The highest BCUT2D eigenvalue weighted by Crippen LogP contribution is 2.30. The number of nitro benzene ring substituents is 1. The minimum absolute atomic E-state index is 0.150. The first-order valence-corrected chi connectivity index (χ1v) is 8.73. The lowest BCUT2D eigenvalue weighted by Gasteiger charge is -2.12. The molecule has 0 fully saturated rings. The van der Waals surface area contributed by atoms with Gasteiger partial charge in [-0.05, 0) is 24.3 Å². The van der Waals surface area contributed by atoms with Gasteiger partial charge in [0.2, 0.25) is 0 Å². The molecule has 2 aromatic carbocycles. The van der Waals surface area contributed by atoms with Gasteiger partial charge in [0.1, 0.15) is 12.1 Å². The van der Waals surface area contributed by atoms with Gasteiger partial charge in [0.15, 0.2) is 12.4 Å². The van der Waals surface area contributed by atoms with Crippen LogP contribution in [0.1, 0.15) is 31.1 Å². The van der Waals surface area contributed by atoms with Crippen molar-refractivity contribution in [1.82, 2.24) is 4.90 Å². The summed E-state index contributed by atoms with van der Waals surface area (Å²) in [6.07, 6.45) is 0. The molecule has 11 heteroatoms. The summed E-state index contributed by atoms with van der Waals surface area (Å²) in [5, 5.41) is 11.5. The van der Waals surface area contributed by atoms with Crippen molar-refractivity contribution in [2.24, 2.45) is 0 Å². The SMILES string of the molecule is O=C(CN1C(=O)c2cccc([N+](=O)[O-])c2C1=O)OCC(=O)c1ccc(Cl)c(Cl)c1. The Morgan fingerprint density at radius 2 is 1.79 bits per heavy atom. The second-order valence-corrected chi connectivity index (χ2v) is 6.68. The van der Waals surface area contributed by atoms with Gasteiger partial charge in [-0.25, -0.2) is 0 Å². The number of benzene rings is 2. The molecule has 148 valence electrons. The predicted octanol–water partition coefficient (Wildman–Crippen LogP) is 2.92. The van der Waals surface area contributed by atoms with Gasteiger partial charge in [-0.1, -0.05) is 29.3 Å². The van der Waals surface area contributed by atoms with E-state index in [1.165, 1.54) is 30.3 Å². The Balaban J connectivity index is 1.67. The monoisotopic (exact) mass is 436 g/mol. The molecule has 0 spiro atoms. The fourth-order valence-electron chi connectivity index (χ4n) is 2.69. The Labute approximate surface area is 172 Å². The molecule has 9 nitrogen and oxygen atoms in total. The van der Waals surface area contributed by atoms with Crippen LogP contribution in [0.5, 0.6) is 0 Å². The van der Waals surface area contributed by atoms with E-state index < -0.39 is 47.3 Å². The van der Waals surface area contributed by atoms with Crippen LogP contribution in [0.15, 0.2) is 36.4 Å². The predicted molar refractivity (Wildman–Crippen MR) is 100 cm³/mol. The van der Waals surface area contributed by atoms with Crippen molar-refractivity contribution in [1.29, 1.82) is 0 Å². The number of hydrogen-bond donors (Lipinski definition) is 0. The number of fused-ring (bicyclic) bond motifs is 1. The largest absolute Gasteiger partial charge is 0.456 e. The molecule has 0 radical (unpaired) electrons. The first kappa shape index (κ1) is 20.4. The third-order valence-corrected chi connectivity index (χ3v) is 4.81. The third-order valence-electron chi connectivity index (χ3n) is 4.07. The average molecular weight is 437 g/mol. The van der Waals surface area contributed by atoms with E-state index in [4.69, 9.17) is 27.9 Å². The molecule has 1 aliphatic rings. The lowest BCUT2D eigenvalue weighted by molar-refractivity contribution is -0.385. The van der Waals surface area contributed by atoms with Gasteiger partial charge in [-0.15, -0.1) is 0 Å². The van der Waals surface area contributed by atoms with Crippen LogP contribution in [0.3, 0.4) is 0 Å². The minimum Gasteiger partial charge on any atom is -0.456 e. The summed E-state index contributed by atoms with van der Waals surface area (Å²) < 4.78 is 4.82. The number of carbonyl (C=O) groups is 4. The number of rotatable bonds is 6. The highest BCUT2D eigenvalue weighted by Gasteiger charge is 2.41. The maximum atomic E-state index is 12.4. The molecule has 0 saturated carbocycles. The van der Waals surface area contributed by atoms with E-state index in [1.807, 2.05) is 0 Å². The maximum Gasteiger partial charge on any atom is 0.326 e. The Kier molecular flexibility index (Phi) is 5.62. The zero-order valence-corrected chi connectivity index (χ0v) is 15.9. The number of Topliss-reactive ketones (excluding diaryl/α,β-unsaturated/α-hetero) is 1. The molecule has 29 heavy (non-hydrogen) atoms. The van der Waals surface area contributed by atoms with E-state index in [0.717, 1.165) is 6.07 Å². The number of imide groups is 1. The average Bonchev–Trinajstić information content (AvgIpc) is 2.93. The molecule has 0 atom stereocenters. The number of nitro groups is 1. The zero-order chi connectivity index (χ0) is 21.3. The molecule has 0 aliphatic carbocycles. The lowest BCUT2D eigenvalue weighted by Crippen LogP contribution is -2.36. The molecule has 0 aromatic heterocycles. The van der Waals surface area contributed by atoms with Gasteiger partial charge < -0.3 is 4.74 Å². The molecule has 0 unspecified atom stereocenters. The van der Waals surface area contributed by atoms with Crippen LogP contribution in [0, 0.1) is 10.1 Å². The summed E-state index contributed by atoms with van der Waals surface area (Å²) in [4.78, 5) is 59.6. The number of ketones is 1. The van der Waals surface area contributed by atoms with Crippen molar-refractivity contribution in [2.75, 3.05) is 13.2 Å². The summed E-state index contributed by atoms with van der Waals surface area (Å²) in [6, 6.07) is 7.71. The first-order chi connectivity index (χ1) is 13.7. The number of nitrogens with zero attached hydrogens (tertiary/aromatic N) is 2. The molecule has 3 rings (SSSR count). The number of carbonyl (C=O) groups excluding carboxylic acids is 4.